The maximum Gasteiger partial charge on any atom is 0.254 e. The minimum absolute atomic E-state index is 0.0963. The third-order valence-corrected chi connectivity index (χ3v) is 3.63. The predicted octanol–water partition coefficient (Wildman–Crippen LogP) is 2.76. The summed E-state index contributed by atoms with van der Waals surface area (Å²) >= 11 is 0. The van der Waals surface area contributed by atoms with Crippen LogP contribution < -0.4 is 5.73 Å². The van der Waals surface area contributed by atoms with Gasteiger partial charge in [0.2, 0.25) is 0 Å². The van der Waals surface area contributed by atoms with Crippen molar-refractivity contribution in [3.05, 3.63) is 28.8 Å². The monoisotopic (exact) mass is 268 g/mol. The van der Waals surface area contributed by atoms with Gasteiger partial charge in [-0.1, -0.05) is 6.07 Å². The smallest absolute Gasteiger partial charge is 0.254 e. The molecule has 0 unspecified atom stereocenters. The number of carbonyl (C=O) groups is 1. The first-order valence-corrected chi connectivity index (χ1v) is 6.34. The number of amides is 1. The second kappa shape index (κ2) is 4.79. The Bertz CT molecular complexity index is 504. The molecule has 0 aromatic heterocycles. The standard InChI is InChI=1S/C14H18F2N2O/c1-9-7-10(2)12(17)8-11(9)13(19)18-5-3-14(15,16)4-6-18/h7-8H,3-6,17H2,1-2H3. The van der Waals surface area contributed by atoms with Gasteiger partial charge < -0.3 is 10.6 Å². The highest BCUT2D eigenvalue weighted by molar-refractivity contribution is 5.96. The van der Waals surface area contributed by atoms with E-state index >= 15 is 0 Å². The molecule has 3 nitrogen and oxygen atoms in total. The fourth-order valence-electron chi connectivity index (χ4n) is 2.31. The van der Waals surface area contributed by atoms with Crippen LogP contribution in [-0.2, 0) is 0 Å². The van der Waals surface area contributed by atoms with Crippen LogP contribution in [0.1, 0.15) is 34.3 Å². The highest BCUT2D eigenvalue weighted by Gasteiger charge is 2.36. The third-order valence-electron chi connectivity index (χ3n) is 3.63. The highest BCUT2D eigenvalue weighted by Crippen LogP contribution is 2.29. The van der Waals surface area contributed by atoms with Crippen LogP contribution in [0.3, 0.4) is 0 Å². The zero-order valence-electron chi connectivity index (χ0n) is 11.2. The van der Waals surface area contributed by atoms with Crippen molar-refractivity contribution in [1.82, 2.24) is 4.90 Å². The van der Waals surface area contributed by atoms with Gasteiger partial charge in [-0.3, -0.25) is 4.79 Å². The van der Waals surface area contributed by atoms with Gasteiger partial charge in [-0.05, 0) is 31.0 Å². The topological polar surface area (TPSA) is 46.3 Å². The minimum atomic E-state index is -2.64. The molecule has 0 bridgehead atoms. The van der Waals surface area contributed by atoms with Gasteiger partial charge in [0.25, 0.3) is 11.8 Å². The molecule has 2 rings (SSSR count). The lowest BCUT2D eigenvalue weighted by Crippen LogP contribution is -2.42. The Balaban J connectivity index is 2.19. The summed E-state index contributed by atoms with van der Waals surface area (Å²) in [6.07, 6.45) is -0.530. The summed E-state index contributed by atoms with van der Waals surface area (Å²) in [5.41, 5.74) is 8.61. The van der Waals surface area contributed by atoms with Crippen molar-refractivity contribution in [3.8, 4) is 0 Å². The highest BCUT2D eigenvalue weighted by atomic mass is 19.3. The van der Waals surface area contributed by atoms with Gasteiger partial charge in [0.1, 0.15) is 0 Å². The number of hydrogen-bond donors (Lipinski definition) is 1. The lowest BCUT2D eigenvalue weighted by molar-refractivity contribution is -0.0494. The summed E-state index contributed by atoms with van der Waals surface area (Å²) in [6.45, 7) is 3.90. The summed E-state index contributed by atoms with van der Waals surface area (Å²) in [7, 11) is 0. The number of aryl methyl sites for hydroxylation is 2. The van der Waals surface area contributed by atoms with Crippen molar-refractivity contribution in [2.75, 3.05) is 18.8 Å². The molecule has 0 radical (unpaired) electrons. The Hall–Kier alpha value is -1.65. The molecule has 2 N–H and O–H groups in total. The summed E-state index contributed by atoms with van der Waals surface area (Å²) < 4.78 is 26.2. The maximum absolute atomic E-state index is 13.1. The van der Waals surface area contributed by atoms with Crippen LogP contribution in [0.2, 0.25) is 0 Å². The summed E-state index contributed by atoms with van der Waals surface area (Å²) in [5, 5.41) is 0. The van der Waals surface area contributed by atoms with Crippen molar-refractivity contribution in [3.63, 3.8) is 0 Å². The van der Waals surface area contributed by atoms with E-state index in [1.54, 1.807) is 6.07 Å². The first-order chi connectivity index (χ1) is 8.80. The van der Waals surface area contributed by atoms with Crippen LogP contribution in [0, 0.1) is 13.8 Å². The van der Waals surface area contributed by atoms with Crippen LogP contribution >= 0.6 is 0 Å². The fourth-order valence-corrected chi connectivity index (χ4v) is 2.31. The summed E-state index contributed by atoms with van der Waals surface area (Å²) in [6, 6.07) is 3.49. The van der Waals surface area contributed by atoms with Crippen molar-refractivity contribution < 1.29 is 13.6 Å². The Morgan fingerprint density at radius 3 is 2.37 bits per heavy atom. The van der Waals surface area contributed by atoms with E-state index in [0.717, 1.165) is 11.1 Å². The second-order valence-electron chi connectivity index (χ2n) is 5.17. The lowest BCUT2D eigenvalue weighted by atomic mass is 10.0. The van der Waals surface area contributed by atoms with Gasteiger partial charge in [-0.2, -0.15) is 0 Å². The molecule has 1 aromatic carbocycles. The molecule has 5 heteroatoms. The van der Waals surface area contributed by atoms with Gasteiger partial charge >= 0.3 is 0 Å². The van der Waals surface area contributed by atoms with E-state index < -0.39 is 5.92 Å². The summed E-state index contributed by atoms with van der Waals surface area (Å²) in [5.74, 6) is -2.85. The van der Waals surface area contributed by atoms with Crippen LogP contribution in [0.15, 0.2) is 12.1 Å². The number of halogens is 2. The third kappa shape index (κ3) is 2.85. The van der Waals surface area contributed by atoms with E-state index in [1.807, 2.05) is 19.9 Å². The van der Waals surface area contributed by atoms with Crippen molar-refractivity contribution in [2.24, 2.45) is 0 Å². The maximum atomic E-state index is 13.1. The number of alkyl halides is 2. The number of nitrogens with zero attached hydrogens (tertiary/aromatic N) is 1. The van der Waals surface area contributed by atoms with Crippen molar-refractivity contribution in [1.29, 1.82) is 0 Å². The fraction of sp³-hybridized carbons (Fsp3) is 0.500. The molecule has 1 aliphatic heterocycles. The quantitative estimate of drug-likeness (QED) is 0.796. The Morgan fingerprint density at radius 2 is 1.79 bits per heavy atom. The second-order valence-corrected chi connectivity index (χ2v) is 5.17. The van der Waals surface area contributed by atoms with Crippen LogP contribution in [0.4, 0.5) is 14.5 Å². The van der Waals surface area contributed by atoms with Gasteiger partial charge in [0.05, 0.1) is 0 Å². The molecular formula is C14H18F2N2O. The van der Waals surface area contributed by atoms with E-state index in [4.69, 9.17) is 5.73 Å². The molecular weight excluding hydrogens is 250 g/mol. The summed E-state index contributed by atoms with van der Waals surface area (Å²) in [4.78, 5) is 13.8. The van der Waals surface area contributed by atoms with Crippen LogP contribution in [0.5, 0.6) is 0 Å². The Morgan fingerprint density at radius 1 is 1.21 bits per heavy atom. The molecule has 0 aliphatic carbocycles. The molecule has 19 heavy (non-hydrogen) atoms. The van der Waals surface area contributed by atoms with Crippen LogP contribution in [0.25, 0.3) is 0 Å². The normalized spacial score (nSPS) is 18.4. The van der Waals surface area contributed by atoms with Crippen molar-refractivity contribution in [2.45, 2.75) is 32.6 Å². The SMILES string of the molecule is Cc1cc(C)c(C(=O)N2CCC(F)(F)CC2)cc1N. The number of nitrogen functional groups attached to an aromatic ring is 1. The van der Waals surface area contributed by atoms with E-state index in [-0.39, 0.29) is 31.8 Å². The number of rotatable bonds is 1. The van der Waals surface area contributed by atoms with E-state index in [1.165, 1.54) is 4.90 Å². The zero-order valence-corrected chi connectivity index (χ0v) is 11.2. The first-order valence-electron chi connectivity index (χ1n) is 6.34. The number of hydrogen-bond acceptors (Lipinski definition) is 2. The Kier molecular flexibility index (Phi) is 3.47. The molecule has 0 spiro atoms. The molecule has 0 atom stereocenters. The average molecular weight is 268 g/mol. The number of nitrogens with two attached hydrogens (primary N) is 1. The molecule has 0 saturated carbocycles. The first kappa shape index (κ1) is 13.8. The molecule has 1 saturated heterocycles. The van der Waals surface area contributed by atoms with E-state index in [2.05, 4.69) is 0 Å². The van der Waals surface area contributed by atoms with Crippen LogP contribution in [-0.4, -0.2) is 29.8 Å². The number of piperidine rings is 1. The molecule has 1 heterocycles. The molecule has 1 amide bonds. The van der Waals surface area contributed by atoms with Gasteiger partial charge in [-0.25, -0.2) is 8.78 Å². The number of likely N-dealkylation sites (tertiary alicyclic amines) is 1. The van der Waals surface area contributed by atoms with E-state index in [0.29, 0.717) is 11.3 Å². The number of anilines is 1. The molecule has 1 aromatic rings. The average Bonchev–Trinajstić information content (AvgIpc) is 2.33. The minimum Gasteiger partial charge on any atom is -0.398 e. The van der Waals surface area contributed by atoms with E-state index in [9.17, 15) is 13.6 Å². The van der Waals surface area contributed by atoms with Crippen molar-refractivity contribution >= 4 is 11.6 Å². The zero-order chi connectivity index (χ0) is 14.2. The Labute approximate surface area is 111 Å². The molecule has 1 fully saturated rings. The van der Waals surface area contributed by atoms with Gasteiger partial charge in [0, 0.05) is 37.2 Å². The van der Waals surface area contributed by atoms with Gasteiger partial charge in [-0.15, -0.1) is 0 Å². The number of carbonyl (C=O) groups excluding carboxylic acids is 1. The lowest BCUT2D eigenvalue weighted by Gasteiger charge is -2.32. The van der Waals surface area contributed by atoms with Gasteiger partial charge in [0.15, 0.2) is 0 Å². The number of benzene rings is 1. The predicted molar refractivity (Wildman–Crippen MR) is 70.4 cm³/mol. The molecule has 104 valence electrons. The molecule has 1 aliphatic rings. The largest absolute Gasteiger partial charge is 0.398 e.